The third-order valence-electron chi connectivity index (χ3n) is 3.94. The van der Waals surface area contributed by atoms with E-state index in [1.54, 1.807) is 24.0 Å². The molecule has 0 aliphatic carbocycles. The van der Waals surface area contributed by atoms with Gasteiger partial charge in [-0.1, -0.05) is 0 Å². The number of nitro groups is 1. The first-order chi connectivity index (χ1) is 10.6. The van der Waals surface area contributed by atoms with Crippen molar-refractivity contribution in [1.29, 1.82) is 0 Å². The molecule has 1 fully saturated rings. The maximum absolute atomic E-state index is 11.1. The Morgan fingerprint density at radius 1 is 1.41 bits per heavy atom. The number of hydrogen-bond acceptors (Lipinski definition) is 7. The first-order valence-electron chi connectivity index (χ1n) is 7.07. The number of anilines is 2. The molecule has 9 nitrogen and oxygen atoms in total. The number of aromatic nitrogens is 4. The molecule has 0 aromatic carbocycles. The highest BCUT2D eigenvalue weighted by Crippen LogP contribution is 2.32. The lowest BCUT2D eigenvalue weighted by Gasteiger charge is -2.31. The van der Waals surface area contributed by atoms with Crippen LogP contribution in [0.1, 0.15) is 24.6 Å². The van der Waals surface area contributed by atoms with Crippen molar-refractivity contribution in [2.24, 2.45) is 7.05 Å². The number of nitrogen functional groups attached to an aromatic ring is 1. The van der Waals surface area contributed by atoms with Gasteiger partial charge in [0.2, 0.25) is 11.8 Å². The molecule has 2 aromatic rings. The first-order valence-corrected chi connectivity index (χ1v) is 7.07. The van der Waals surface area contributed by atoms with Crippen LogP contribution in [0.4, 0.5) is 17.5 Å². The number of rotatable bonds is 3. The number of nitrogens with two attached hydrogens (primary N) is 1. The predicted octanol–water partition coefficient (Wildman–Crippen LogP) is 1.08. The molecule has 2 N–H and O–H groups in total. The highest BCUT2D eigenvalue weighted by molar-refractivity contribution is 5.57. The molecule has 0 radical (unpaired) electrons. The predicted molar refractivity (Wildman–Crippen MR) is 80.5 cm³/mol. The molecular formula is C13H17N7O2. The number of piperidine rings is 1. The van der Waals surface area contributed by atoms with Crippen molar-refractivity contribution >= 4 is 17.5 Å². The van der Waals surface area contributed by atoms with Gasteiger partial charge in [0.25, 0.3) is 0 Å². The molecule has 3 rings (SSSR count). The molecule has 0 unspecified atom stereocenters. The lowest BCUT2D eigenvalue weighted by atomic mass is 9.96. The zero-order valence-corrected chi connectivity index (χ0v) is 12.2. The van der Waals surface area contributed by atoms with Gasteiger partial charge >= 0.3 is 5.69 Å². The van der Waals surface area contributed by atoms with Crippen molar-refractivity contribution in [3.05, 3.63) is 34.3 Å². The van der Waals surface area contributed by atoms with E-state index in [2.05, 4.69) is 15.1 Å². The van der Waals surface area contributed by atoms with Crippen molar-refractivity contribution in [3.8, 4) is 0 Å². The Kier molecular flexibility index (Phi) is 3.61. The van der Waals surface area contributed by atoms with Crippen LogP contribution in [0.25, 0.3) is 0 Å². The summed E-state index contributed by atoms with van der Waals surface area (Å²) in [5.41, 5.74) is 5.76. The number of aryl methyl sites for hydroxylation is 1. The molecule has 0 bridgehead atoms. The standard InChI is InChI=1S/C13H17N7O2/c1-18-13(14)16-11(17-18)9-4-7-19(8-5-9)12-10(20(21)22)3-2-6-15-12/h2-3,6,9H,4-5,7-8H2,1H3,(H2,14,16,17). The second-order valence-electron chi connectivity index (χ2n) is 5.32. The van der Waals surface area contributed by atoms with Gasteiger partial charge < -0.3 is 10.6 Å². The Morgan fingerprint density at radius 2 is 2.14 bits per heavy atom. The minimum absolute atomic E-state index is 0.0427. The van der Waals surface area contributed by atoms with Crippen LogP contribution >= 0.6 is 0 Å². The summed E-state index contributed by atoms with van der Waals surface area (Å²) in [6, 6.07) is 3.06. The number of pyridine rings is 1. The second-order valence-corrected chi connectivity index (χ2v) is 5.32. The van der Waals surface area contributed by atoms with Gasteiger partial charge in [-0.05, 0) is 18.9 Å². The summed E-state index contributed by atoms with van der Waals surface area (Å²) in [6.45, 7) is 1.36. The summed E-state index contributed by atoms with van der Waals surface area (Å²) in [4.78, 5) is 21.1. The van der Waals surface area contributed by atoms with E-state index in [0.717, 1.165) is 18.7 Å². The Balaban J connectivity index is 1.73. The van der Waals surface area contributed by atoms with E-state index in [1.807, 2.05) is 4.90 Å². The zero-order valence-electron chi connectivity index (χ0n) is 12.2. The van der Waals surface area contributed by atoms with Crippen molar-refractivity contribution in [2.45, 2.75) is 18.8 Å². The van der Waals surface area contributed by atoms with Crippen LogP contribution in [0.15, 0.2) is 18.3 Å². The number of hydrogen-bond donors (Lipinski definition) is 1. The molecule has 1 saturated heterocycles. The smallest absolute Gasteiger partial charge is 0.311 e. The van der Waals surface area contributed by atoms with Gasteiger partial charge in [-0.15, -0.1) is 0 Å². The molecule has 3 heterocycles. The average Bonchev–Trinajstić information content (AvgIpc) is 2.87. The summed E-state index contributed by atoms with van der Waals surface area (Å²) in [5.74, 6) is 1.80. The van der Waals surface area contributed by atoms with Crippen molar-refractivity contribution in [2.75, 3.05) is 23.7 Å². The second kappa shape index (κ2) is 5.58. The van der Waals surface area contributed by atoms with E-state index >= 15 is 0 Å². The maximum Gasteiger partial charge on any atom is 0.311 e. The van der Waals surface area contributed by atoms with Crippen LogP contribution in [0.5, 0.6) is 0 Å². The molecule has 1 aliphatic rings. The van der Waals surface area contributed by atoms with E-state index in [4.69, 9.17) is 5.73 Å². The normalized spacial score (nSPS) is 16.0. The molecule has 2 aromatic heterocycles. The fourth-order valence-corrected chi connectivity index (χ4v) is 2.71. The summed E-state index contributed by atoms with van der Waals surface area (Å²) in [6.07, 6.45) is 3.21. The molecule has 9 heteroatoms. The third kappa shape index (κ3) is 2.57. The maximum atomic E-state index is 11.1. The topological polar surface area (TPSA) is 116 Å². The van der Waals surface area contributed by atoms with Crippen LogP contribution in [0, 0.1) is 10.1 Å². The van der Waals surface area contributed by atoms with Crippen molar-refractivity contribution in [3.63, 3.8) is 0 Å². The van der Waals surface area contributed by atoms with Gasteiger partial charge in [0.05, 0.1) is 4.92 Å². The zero-order chi connectivity index (χ0) is 15.7. The van der Waals surface area contributed by atoms with Crippen molar-refractivity contribution < 1.29 is 4.92 Å². The van der Waals surface area contributed by atoms with Crippen LogP contribution in [-0.2, 0) is 7.05 Å². The lowest BCUT2D eigenvalue weighted by Crippen LogP contribution is -2.34. The Morgan fingerprint density at radius 3 is 2.73 bits per heavy atom. The quantitative estimate of drug-likeness (QED) is 0.666. The fourth-order valence-electron chi connectivity index (χ4n) is 2.71. The van der Waals surface area contributed by atoms with Gasteiger partial charge in [0, 0.05) is 38.3 Å². The highest BCUT2D eigenvalue weighted by atomic mass is 16.6. The van der Waals surface area contributed by atoms with Gasteiger partial charge in [-0.25, -0.2) is 9.67 Å². The minimum Gasteiger partial charge on any atom is -0.368 e. The van der Waals surface area contributed by atoms with Crippen LogP contribution in [0.2, 0.25) is 0 Å². The van der Waals surface area contributed by atoms with Gasteiger partial charge in [0.15, 0.2) is 5.82 Å². The summed E-state index contributed by atoms with van der Waals surface area (Å²) in [5, 5.41) is 15.4. The van der Waals surface area contributed by atoms with Crippen LogP contribution in [-0.4, -0.2) is 37.8 Å². The first kappa shape index (κ1) is 14.2. The average molecular weight is 303 g/mol. The molecule has 22 heavy (non-hydrogen) atoms. The van der Waals surface area contributed by atoms with Gasteiger partial charge in [-0.2, -0.15) is 10.1 Å². The molecule has 0 atom stereocenters. The van der Waals surface area contributed by atoms with Crippen LogP contribution < -0.4 is 10.6 Å². The fraction of sp³-hybridized carbons (Fsp3) is 0.462. The molecular weight excluding hydrogens is 286 g/mol. The van der Waals surface area contributed by atoms with Gasteiger partial charge in [-0.3, -0.25) is 10.1 Å². The molecule has 1 aliphatic heterocycles. The Hall–Kier alpha value is -2.71. The SMILES string of the molecule is Cn1nc(C2CCN(c3ncccc3[N+](=O)[O-])CC2)nc1N. The van der Waals surface area contributed by atoms with Gasteiger partial charge in [0.1, 0.15) is 0 Å². The minimum atomic E-state index is -0.393. The summed E-state index contributed by atoms with van der Waals surface area (Å²) in [7, 11) is 1.76. The monoisotopic (exact) mass is 303 g/mol. The van der Waals surface area contributed by atoms with E-state index < -0.39 is 4.92 Å². The van der Waals surface area contributed by atoms with Crippen LogP contribution in [0.3, 0.4) is 0 Å². The largest absolute Gasteiger partial charge is 0.368 e. The molecule has 0 saturated carbocycles. The van der Waals surface area contributed by atoms with E-state index in [0.29, 0.717) is 24.9 Å². The van der Waals surface area contributed by atoms with Crippen molar-refractivity contribution in [1.82, 2.24) is 19.7 Å². The summed E-state index contributed by atoms with van der Waals surface area (Å²) < 4.78 is 1.56. The van der Waals surface area contributed by atoms with E-state index in [1.165, 1.54) is 6.07 Å². The Bertz CT molecular complexity index is 672. The van der Waals surface area contributed by atoms with E-state index in [9.17, 15) is 10.1 Å². The lowest BCUT2D eigenvalue weighted by molar-refractivity contribution is -0.384. The van der Waals surface area contributed by atoms with E-state index in [-0.39, 0.29) is 11.6 Å². The molecule has 116 valence electrons. The summed E-state index contributed by atoms with van der Waals surface area (Å²) >= 11 is 0. The highest BCUT2D eigenvalue weighted by Gasteiger charge is 2.28. The number of nitrogens with zero attached hydrogens (tertiary/aromatic N) is 6. The third-order valence-corrected chi connectivity index (χ3v) is 3.94. The Labute approximate surface area is 126 Å². The molecule has 0 spiro atoms. The molecule has 0 amide bonds.